The van der Waals surface area contributed by atoms with Crippen LogP contribution in [0.1, 0.15) is 32.1 Å². The van der Waals surface area contributed by atoms with E-state index in [1.165, 1.54) is 25.7 Å². The van der Waals surface area contributed by atoms with E-state index in [4.69, 9.17) is 10.5 Å². The summed E-state index contributed by atoms with van der Waals surface area (Å²) in [5, 5.41) is 0. The Labute approximate surface area is 75.5 Å². The molecule has 1 atom stereocenters. The molecule has 2 N–H and O–H groups in total. The molecule has 72 valence electrons. The van der Waals surface area contributed by atoms with Gasteiger partial charge in [-0.2, -0.15) is 0 Å². The molecule has 0 radical (unpaired) electrons. The average Bonchev–Trinajstić information content (AvgIpc) is 2.59. The predicted octanol–water partition coefficient (Wildman–Crippen LogP) is 1.79. The monoisotopic (exact) mass is 171 g/mol. The molecule has 0 amide bonds. The molecule has 2 nitrogen and oxygen atoms in total. The number of hydrogen-bond acceptors (Lipinski definition) is 2. The fraction of sp³-hybridized carbons (Fsp3) is 1.00. The van der Waals surface area contributed by atoms with Crippen LogP contribution in [0, 0.1) is 11.8 Å². The van der Waals surface area contributed by atoms with E-state index < -0.39 is 0 Å². The van der Waals surface area contributed by atoms with Crippen LogP contribution in [0.5, 0.6) is 0 Å². The summed E-state index contributed by atoms with van der Waals surface area (Å²) in [6, 6.07) is 0. The molecule has 1 saturated carbocycles. The minimum Gasteiger partial charge on any atom is -0.385 e. The summed E-state index contributed by atoms with van der Waals surface area (Å²) in [6.07, 6.45) is 6.76. The van der Waals surface area contributed by atoms with Gasteiger partial charge in [-0.3, -0.25) is 0 Å². The molecular weight excluding hydrogens is 150 g/mol. The molecule has 1 aliphatic carbocycles. The maximum absolute atomic E-state index is 5.74. The van der Waals surface area contributed by atoms with Gasteiger partial charge in [-0.1, -0.05) is 25.7 Å². The van der Waals surface area contributed by atoms with E-state index in [1.54, 1.807) is 7.11 Å². The summed E-state index contributed by atoms with van der Waals surface area (Å²) < 4.78 is 5.08. The van der Waals surface area contributed by atoms with Crippen molar-refractivity contribution in [2.75, 3.05) is 20.3 Å². The minimum atomic E-state index is 0.715. The SMILES string of the molecule is COCCC(CN)C1CCCC1. The van der Waals surface area contributed by atoms with Gasteiger partial charge in [0, 0.05) is 13.7 Å². The van der Waals surface area contributed by atoms with Gasteiger partial charge in [0.2, 0.25) is 0 Å². The van der Waals surface area contributed by atoms with Gasteiger partial charge in [0.1, 0.15) is 0 Å². The molecule has 1 aliphatic rings. The zero-order valence-corrected chi connectivity index (χ0v) is 8.09. The second-order valence-corrected chi connectivity index (χ2v) is 3.82. The first-order chi connectivity index (χ1) is 5.88. The highest BCUT2D eigenvalue weighted by Gasteiger charge is 2.23. The fourth-order valence-corrected chi connectivity index (χ4v) is 2.24. The molecule has 2 heteroatoms. The van der Waals surface area contributed by atoms with Gasteiger partial charge in [0.25, 0.3) is 0 Å². The van der Waals surface area contributed by atoms with Crippen molar-refractivity contribution < 1.29 is 4.74 Å². The summed E-state index contributed by atoms with van der Waals surface area (Å²) in [6.45, 7) is 1.71. The summed E-state index contributed by atoms with van der Waals surface area (Å²) in [4.78, 5) is 0. The number of ether oxygens (including phenoxy) is 1. The van der Waals surface area contributed by atoms with Crippen LogP contribution in [-0.2, 0) is 4.74 Å². The van der Waals surface area contributed by atoms with Crippen LogP contribution in [0.4, 0.5) is 0 Å². The van der Waals surface area contributed by atoms with Crippen LogP contribution in [0.25, 0.3) is 0 Å². The molecule has 0 saturated heterocycles. The quantitative estimate of drug-likeness (QED) is 0.684. The van der Waals surface area contributed by atoms with Gasteiger partial charge >= 0.3 is 0 Å². The number of nitrogens with two attached hydrogens (primary N) is 1. The summed E-state index contributed by atoms with van der Waals surface area (Å²) >= 11 is 0. The summed E-state index contributed by atoms with van der Waals surface area (Å²) in [5.74, 6) is 1.61. The molecule has 1 rings (SSSR count). The standard InChI is InChI=1S/C10H21NO/c1-12-7-6-10(8-11)9-4-2-3-5-9/h9-10H,2-8,11H2,1H3. The van der Waals surface area contributed by atoms with Crippen molar-refractivity contribution in [2.45, 2.75) is 32.1 Å². The highest BCUT2D eigenvalue weighted by atomic mass is 16.5. The normalized spacial score (nSPS) is 21.5. The van der Waals surface area contributed by atoms with Crippen LogP contribution < -0.4 is 5.73 Å². The lowest BCUT2D eigenvalue weighted by molar-refractivity contribution is 0.162. The van der Waals surface area contributed by atoms with E-state index in [1.807, 2.05) is 0 Å². The first-order valence-corrected chi connectivity index (χ1v) is 5.07. The molecule has 0 heterocycles. The van der Waals surface area contributed by atoms with E-state index in [-0.39, 0.29) is 0 Å². The molecule has 0 bridgehead atoms. The predicted molar refractivity (Wildman–Crippen MR) is 51.0 cm³/mol. The van der Waals surface area contributed by atoms with Crippen molar-refractivity contribution in [3.63, 3.8) is 0 Å². The van der Waals surface area contributed by atoms with Gasteiger partial charge in [0.15, 0.2) is 0 Å². The third-order valence-corrected chi connectivity index (χ3v) is 3.06. The maximum atomic E-state index is 5.74. The Morgan fingerprint density at radius 3 is 2.58 bits per heavy atom. The third-order valence-electron chi connectivity index (χ3n) is 3.06. The first-order valence-electron chi connectivity index (χ1n) is 5.07. The Hall–Kier alpha value is -0.0800. The molecular formula is C10H21NO. The number of rotatable bonds is 5. The van der Waals surface area contributed by atoms with Crippen LogP contribution in [-0.4, -0.2) is 20.3 Å². The molecule has 1 fully saturated rings. The van der Waals surface area contributed by atoms with Gasteiger partial charge in [-0.25, -0.2) is 0 Å². The highest BCUT2D eigenvalue weighted by molar-refractivity contribution is 4.75. The van der Waals surface area contributed by atoms with Gasteiger partial charge in [-0.15, -0.1) is 0 Å². The second kappa shape index (κ2) is 5.55. The number of methoxy groups -OCH3 is 1. The van der Waals surface area contributed by atoms with E-state index in [0.29, 0.717) is 5.92 Å². The van der Waals surface area contributed by atoms with Gasteiger partial charge < -0.3 is 10.5 Å². The molecule has 0 aromatic heterocycles. The molecule has 12 heavy (non-hydrogen) atoms. The maximum Gasteiger partial charge on any atom is 0.0465 e. The molecule has 0 aromatic rings. The van der Waals surface area contributed by atoms with Crippen molar-refractivity contribution in [3.8, 4) is 0 Å². The van der Waals surface area contributed by atoms with Crippen molar-refractivity contribution in [1.29, 1.82) is 0 Å². The van der Waals surface area contributed by atoms with Crippen LogP contribution in [0.2, 0.25) is 0 Å². The van der Waals surface area contributed by atoms with Gasteiger partial charge in [0.05, 0.1) is 0 Å². The Balaban J connectivity index is 2.22. The Bertz CT molecular complexity index is 110. The first kappa shape index (κ1) is 10.0. The molecule has 0 aromatic carbocycles. The number of hydrogen-bond donors (Lipinski definition) is 1. The van der Waals surface area contributed by atoms with Crippen LogP contribution in [0.3, 0.4) is 0 Å². The molecule has 1 unspecified atom stereocenters. The van der Waals surface area contributed by atoms with Crippen molar-refractivity contribution in [2.24, 2.45) is 17.6 Å². The topological polar surface area (TPSA) is 35.2 Å². The van der Waals surface area contributed by atoms with Gasteiger partial charge in [-0.05, 0) is 24.8 Å². The largest absolute Gasteiger partial charge is 0.385 e. The molecule has 0 spiro atoms. The Morgan fingerprint density at radius 2 is 2.08 bits per heavy atom. The van der Waals surface area contributed by atoms with Crippen molar-refractivity contribution >= 4 is 0 Å². The molecule has 0 aliphatic heterocycles. The zero-order chi connectivity index (χ0) is 8.81. The van der Waals surface area contributed by atoms with E-state index in [0.717, 1.165) is 25.5 Å². The average molecular weight is 171 g/mol. The second-order valence-electron chi connectivity index (χ2n) is 3.82. The van der Waals surface area contributed by atoms with Crippen molar-refractivity contribution in [3.05, 3.63) is 0 Å². The smallest absolute Gasteiger partial charge is 0.0465 e. The lowest BCUT2D eigenvalue weighted by atomic mass is 9.88. The van der Waals surface area contributed by atoms with Crippen LogP contribution in [0.15, 0.2) is 0 Å². The third kappa shape index (κ3) is 2.76. The highest BCUT2D eigenvalue weighted by Crippen LogP contribution is 2.32. The Morgan fingerprint density at radius 1 is 1.42 bits per heavy atom. The lowest BCUT2D eigenvalue weighted by Crippen LogP contribution is -2.23. The van der Waals surface area contributed by atoms with E-state index in [2.05, 4.69) is 0 Å². The van der Waals surface area contributed by atoms with Crippen molar-refractivity contribution in [1.82, 2.24) is 0 Å². The van der Waals surface area contributed by atoms with Crippen LogP contribution >= 0.6 is 0 Å². The lowest BCUT2D eigenvalue weighted by Gasteiger charge is -2.20. The minimum absolute atomic E-state index is 0.715. The Kier molecular flexibility index (Phi) is 4.62. The summed E-state index contributed by atoms with van der Waals surface area (Å²) in [5.41, 5.74) is 5.74. The van der Waals surface area contributed by atoms with E-state index >= 15 is 0 Å². The zero-order valence-electron chi connectivity index (χ0n) is 8.09. The van der Waals surface area contributed by atoms with E-state index in [9.17, 15) is 0 Å². The fourth-order valence-electron chi connectivity index (χ4n) is 2.24. The summed E-state index contributed by atoms with van der Waals surface area (Å²) in [7, 11) is 1.77.